The zero-order valence-electron chi connectivity index (χ0n) is 14.8. The molecule has 26 heavy (non-hydrogen) atoms. The molecule has 2 aromatic rings. The monoisotopic (exact) mass is 387 g/mol. The molecule has 1 saturated heterocycles. The first-order chi connectivity index (χ1) is 12.6. The van der Waals surface area contributed by atoms with Crippen molar-refractivity contribution in [2.45, 2.75) is 13.5 Å². The molecule has 0 atom stereocenters. The molecule has 5 nitrogen and oxygen atoms in total. The summed E-state index contributed by atoms with van der Waals surface area (Å²) in [5, 5.41) is 1.78. The number of aryl methyl sites for hydroxylation is 1. The fourth-order valence-electron chi connectivity index (χ4n) is 3.56. The molecule has 1 aromatic carbocycles. The summed E-state index contributed by atoms with van der Waals surface area (Å²) in [6.45, 7) is 13.0. The number of fused-ring (bicyclic) bond motifs is 3. The first-order valence-corrected chi connectivity index (χ1v) is 10.0. The van der Waals surface area contributed by atoms with Crippen molar-refractivity contribution < 1.29 is 9.30 Å². The Balaban J connectivity index is 1.84. The molecule has 0 saturated carbocycles. The van der Waals surface area contributed by atoms with E-state index in [0.717, 1.165) is 48.0 Å². The average molecular weight is 388 g/mol. The smallest absolute Gasteiger partial charge is 0.325 e. The Hall–Kier alpha value is -2.10. The van der Waals surface area contributed by atoms with E-state index in [1.165, 1.54) is 5.03 Å². The SMILES string of the molecule is [C-]#[N+]c1cc2c(cc1Cl)[n+](C)c1n2CCOC1=CC=C1SCCN1CC. The molecule has 134 valence electrons. The van der Waals surface area contributed by atoms with Gasteiger partial charge in [0.05, 0.1) is 23.7 Å². The highest BCUT2D eigenvalue weighted by atomic mass is 35.5. The highest BCUT2D eigenvalue weighted by Gasteiger charge is 2.31. The zero-order valence-corrected chi connectivity index (χ0v) is 16.4. The number of rotatable bonds is 2. The Morgan fingerprint density at radius 2 is 2.23 bits per heavy atom. The van der Waals surface area contributed by atoms with Gasteiger partial charge in [0.25, 0.3) is 0 Å². The van der Waals surface area contributed by atoms with Crippen LogP contribution in [0.2, 0.25) is 5.02 Å². The van der Waals surface area contributed by atoms with Gasteiger partial charge in [-0.3, -0.25) is 0 Å². The molecule has 0 spiro atoms. The minimum absolute atomic E-state index is 0.486. The number of aromatic nitrogens is 2. The summed E-state index contributed by atoms with van der Waals surface area (Å²) in [6.07, 6.45) is 4.22. The summed E-state index contributed by atoms with van der Waals surface area (Å²) >= 11 is 8.14. The maximum Gasteiger partial charge on any atom is 0.325 e. The van der Waals surface area contributed by atoms with Crippen LogP contribution in [-0.2, 0) is 18.3 Å². The summed E-state index contributed by atoms with van der Waals surface area (Å²) in [5.41, 5.74) is 2.51. The van der Waals surface area contributed by atoms with Crippen LogP contribution in [0.25, 0.3) is 21.6 Å². The number of benzene rings is 1. The highest BCUT2D eigenvalue weighted by molar-refractivity contribution is 8.03. The lowest BCUT2D eigenvalue weighted by molar-refractivity contribution is -0.649. The fourth-order valence-corrected chi connectivity index (χ4v) is 4.84. The van der Waals surface area contributed by atoms with Crippen molar-refractivity contribution in [2.75, 3.05) is 25.4 Å². The normalized spacial score (nSPS) is 19.8. The van der Waals surface area contributed by atoms with E-state index in [2.05, 4.69) is 38.0 Å². The molecule has 7 heteroatoms. The Labute approximate surface area is 162 Å². The van der Waals surface area contributed by atoms with E-state index >= 15 is 0 Å². The maximum absolute atomic E-state index is 7.32. The Morgan fingerprint density at radius 1 is 1.38 bits per heavy atom. The minimum atomic E-state index is 0.486. The number of thioether (sulfide) groups is 1. The van der Waals surface area contributed by atoms with E-state index < -0.39 is 0 Å². The highest BCUT2D eigenvalue weighted by Crippen LogP contribution is 2.33. The van der Waals surface area contributed by atoms with Crippen LogP contribution in [0, 0.1) is 6.57 Å². The average Bonchev–Trinajstić information content (AvgIpc) is 3.22. The summed E-state index contributed by atoms with van der Waals surface area (Å²) in [7, 11) is 2.01. The molecule has 0 radical (unpaired) electrons. The van der Waals surface area contributed by atoms with Crippen molar-refractivity contribution >= 4 is 45.8 Å². The lowest BCUT2D eigenvalue weighted by Crippen LogP contribution is -2.35. The van der Waals surface area contributed by atoms with Gasteiger partial charge < -0.3 is 9.64 Å². The van der Waals surface area contributed by atoms with E-state index in [1.54, 1.807) is 0 Å². The molecule has 0 N–H and O–H groups in total. The van der Waals surface area contributed by atoms with Gasteiger partial charge in [-0.1, -0.05) is 11.6 Å². The number of ether oxygens (including phenoxy) is 1. The molecular formula is C19H20ClN4OS+. The lowest BCUT2D eigenvalue weighted by Gasteiger charge is -2.16. The van der Waals surface area contributed by atoms with Crippen molar-refractivity contribution in [3.63, 3.8) is 0 Å². The second-order valence-corrected chi connectivity index (χ2v) is 7.77. The molecule has 0 amide bonds. The number of imidazole rings is 1. The van der Waals surface area contributed by atoms with Crippen molar-refractivity contribution in [2.24, 2.45) is 7.05 Å². The largest absolute Gasteiger partial charge is 0.482 e. The number of hydrogen-bond acceptors (Lipinski definition) is 3. The van der Waals surface area contributed by atoms with Gasteiger partial charge in [0, 0.05) is 18.8 Å². The fraction of sp³-hybridized carbons (Fsp3) is 0.368. The molecule has 0 unspecified atom stereocenters. The van der Waals surface area contributed by atoms with Crippen LogP contribution < -0.4 is 4.57 Å². The van der Waals surface area contributed by atoms with E-state index in [-0.39, 0.29) is 0 Å². The third kappa shape index (κ3) is 2.76. The molecule has 0 bridgehead atoms. The summed E-state index contributed by atoms with van der Waals surface area (Å²) in [4.78, 5) is 5.91. The van der Waals surface area contributed by atoms with Crippen LogP contribution in [0.4, 0.5) is 5.69 Å². The Bertz CT molecular complexity index is 986. The zero-order chi connectivity index (χ0) is 18.3. The number of hydrogen-bond donors (Lipinski definition) is 0. The third-order valence-corrected chi connectivity index (χ3v) is 6.24. The van der Waals surface area contributed by atoms with Gasteiger partial charge in [0.15, 0.2) is 11.0 Å². The molecule has 2 aliphatic rings. The topological polar surface area (TPSA) is 25.6 Å². The van der Waals surface area contributed by atoms with Gasteiger partial charge in [0.1, 0.15) is 13.2 Å². The van der Waals surface area contributed by atoms with Crippen LogP contribution in [0.1, 0.15) is 12.7 Å². The quantitative estimate of drug-likeness (QED) is 0.576. The van der Waals surface area contributed by atoms with Crippen molar-refractivity contribution in [3.8, 4) is 0 Å². The first-order valence-electron chi connectivity index (χ1n) is 8.66. The molecule has 4 rings (SSSR count). The van der Waals surface area contributed by atoms with Crippen molar-refractivity contribution in [1.29, 1.82) is 0 Å². The summed E-state index contributed by atoms with van der Waals surface area (Å²) < 4.78 is 10.3. The van der Waals surface area contributed by atoms with Crippen molar-refractivity contribution in [1.82, 2.24) is 9.47 Å². The van der Waals surface area contributed by atoms with Crippen molar-refractivity contribution in [3.05, 3.63) is 51.6 Å². The van der Waals surface area contributed by atoms with E-state index in [0.29, 0.717) is 17.3 Å². The number of halogens is 1. The Kier molecular flexibility index (Phi) is 4.60. The number of allylic oxidation sites excluding steroid dienone is 2. The van der Waals surface area contributed by atoms with E-state index in [9.17, 15) is 0 Å². The lowest BCUT2D eigenvalue weighted by atomic mass is 10.2. The molecule has 0 aliphatic carbocycles. The summed E-state index contributed by atoms with van der Waals surface area (Å²) in [5.74, 6) is 2.99. The molecule has 3 heterocycles. The van der Waals surface area contributed by atoms with E-state index in [4.69, 9.17) is 22.9 Å². The standard InChI is InChI=1S/C19H20ClN4OS/c1-4-23-8-10-26-18(23)6-5-17-19-22(3)15-11-13(20)14(21-2)12-16(15)24(19)7-9-25-17/h5-6,11-12H,4,7-10H2,1,3H3/q+1. The van der Waals surface area contributed by atoms with Gasteiger partial charge in [0.2, 0.25) is 11.4 Å². The third-order valence-electron chi connectivity index (χ3n) is 4.86. The van der Waals surface area contributed by atoms with Crippen LogP contribution in [0.3, 0.4) is 0 Å². The Morgan fingerprint density at radius 3 is 3.00 bits per heavy atom. The predicted octanol–water partition coefficient (Wildman–Crippen LogP) is 3.95. The minimum Gasteiger partial charge on any atom is -0.482 e. The van der Waals surface area contributed by atoms with Crippen LogP contribution >= 0.6 is 23.4 Å². The molecular weight excluding hydrogens is 368 g/mol. The molecule has 1 aromatic heterocycles. The van der Waals surface area contributed by atoms with Gasteiger partial charge in [-0.2, -0.15) is 0 Å². The predicted molar refractivity (Wildman–Crippen MR) is 106 cm³/mol. The van der Waals surface area contributed by atoms with E-state index in [1.807, 2.05) is 30.9 Å². The second-order valence-electron chi connectivity index (χ2n) is 6.25. The van der Waals surface area contributed by atoms with Crippen LogP contribution in [0.15, 0.2) is 29.3 Å². The van der Waals surface area contributed by atoms with Crippen LogP contribution in [0.5, 0.6) is 0 Å². The molecule has 2 aliphatic heterocycles. The van der Waals surface area contributed by atoms with Gasteiger partial charge in [-0.05, 0) is 31.2 Å². The maximum atomic E-state index is 7.32. The second kappa shape index (κ2) is 6.90. The number of nitrogens with zero attached hydrogens (tertiary/aromatic N) is 4. The first kappa shape index (κ1) is 17.3. The van der Waals surface area contributed by atoms with Crippen LogP contribution in [-0.4, -0.2) is 34.9 Å². The summed E-state index contributed by atoms with van der Waals surface area (Å²) in [6, 6.07) is 3.75. The molecule has 1 fully saturated rings. The van der Waals surface area contributed by atoms with Gasteiger partial charge in [-0.15, -0.1) is 11.8 Å². The van der Waals surface area contributed by atoms with Gasteiger partial charge >= 0.3 is 5.82 Å². The van der Waals surface area contributed by atoms with Gasteiger partial charge in [-0.25, -0.2) is 14.0 Å².